The van der Waals surface area contributed by atoms with Gasteiger partial charge in [0.25, 0.3) is 0 Å². The van der Waals surface area contributed by atoms with Crippen molar-refractivity contribution in [3.8, 4) is 0 Å². The van der Waals surface area contributed by atoms with Crippen LogP contribution < -0.4 is 5.32 Å². The van der Waals surface area contributed by atoms with Gasteiger partial charge in [-0.1, -0.05) is 13.0 Å². The highest BCUT2D eigenvalue weighted by Gasteiger charge is 2.13. The number of aromatic nitrogens is 1. The van der Waals surface area contributed by atoms with E-state index in [-0.39, 0.29) is 0 Å². The molecule has 1 rings (SSSR count). The van der Waals surface area contributed by atoms with Gasteiger partial charge in [0.05, 0.1) is 12.3 Å². The number of rotatable bonds is 8. The second-order valence-corrected chi connectivity index (χ2v) is 4.48. The topological polar surface area (TPSA) is 37.4 Å². The second kappa shape index (κ2) is 8.06. The molecule has 0 aliphatic rings. The van der Waals surface area contributed by atoms with Gasteiger partial charge in [0, 0.05) is 33.3 Å². The van der Waals surface area contributed by atoms with Gasteiger partial charge in [0.15, 0.2) is 0 Å². The van der Waals surface area contributed by atoms with Crippen molar-refractivity contribution in [3.05, 3.63) is 23.9 Å². The van der Waals surface area contributed by atoms with Crippen molar-refractivity contribution < 1.29 is 4.74 Å². The molecule has 1 aromatic rings. The number of methoxy groups -OCH3 is 1. The van der Waals surface area contributed by atoms with Gasteiger partial charge < -0.3 is 10.1 Å². The van der Waals surface area contributed by atoms with E-state index in [1.807, 2.05) is 19.2 Å². The molecule has 0 bridgehead atoms. The number of anilines is 1. The highest BCUT2D eigenvalue weighted by molar-refractivity contribution is 5.34. The Kier molecular flexibility index (Phi) is 6.68. The predicted molar refractivity (Wildman–Crippen MR) is 75.8 cm³/mol. The van der Waals surface area contributed by atoms with E-state index in [0.717, 1.165) is 37.6 Å². The van der Waals surface area contributed by atoms with Gasteiger partial charge in [-0.05, 0) is 25.5 Å². The molecule has 1 N–H and O–H groups in total. The molecular formula is C14H25N3O. The van der Waals surface area contributed by atoms with Gasteiger partial charge in [-0.15, -0.1) is 0 Å². The van der Waals surface area contributed by atoms with Crippen LogP contribution >= 0.6 is 0 Å². The van der Waals surface area contributed by atoms with Crippen molar-refractivity contribution >= 4 is 5.82 Å². The largest absolute Gasteiger partial charge is 0.383 e. The van der Waals surface area contributed by atoms with Crippen LogP contribution in [0.3, 0.4) is 0 Å². The molecular weight excluding hydrogens is 226 g/mol. The summed E-state index contributed by atoms with van der Waals surface area (Å²) in [6.07, 6.45) is 1.13. The Bertz CT molecular complexity index is 344. The second-order valence-electron chi connectivity index (χ2n) is 4.48. The molecule has 0 radical (unpaired) electrons. The average molecular weight is 251 g/mol. The number of nitrogens with one attached hydrogen (secondary N) is 1. The van der Waals surface area contributed by atoms with Crippen LogP contribution in [-0.2, 0) is 11.3 Å². The highest BCUT2D eigenvalue weighted by Crippen LogP contribution is 2.11. The fourth-order valence-electron chi connectivity index (χ4n) is 1.84. The molecule has 0 aliphatic carbocycles. The van der Waals surface area contributed by atoms with E-state index >= 15 is 0 Å². The SMILES string of the molecule is CCC(C)N(CCOC)Cc1cccc(NC)n1. The molecule has 102 valence electrons. The Morgan fingerprint density at radius 3 is 2.83 bits per heavy atom. The molecule has 1 unspecified atom stereocenters. The van der Waals surface area contributed by atoms with Gasteiger partial charge >= 0.3 is 0 Å². The molecule has 0 aliphatic heterocycles. The average Bonchev–Trinajstić information content (AvgIpc) is 2.42. The summed E-state index contributed by atoms with van der Waals surface area (Å²) in [4.78, 5) is 6.97. The highest BCUT2D eigenvalue weighted by atomic mass is 16.5. The zero-order valence-corrected chi connectivity index (χ0v) is 11.9. The van der Waals surface area contributed by atoms with E-state index in [1.165, 1.54) is 0 Å². The first kappa shape index (κ1) is 14.9. The Balaban J connectivity index is 2.68. The predicted octanol–water partition coefficient (Wildman–Crippen LogP) is 2.37. The van der Waals surface area contributed by atoms with E-state index in [0.29, 0.717) is 6.04 Å². The summed E-state index contributed by atoms with van der Waals surface area (Å²) in [7, 11) is 3.64. The van der Waals surface area contributed by atoms with E-state index in [4.69, 9.17) is 4.74 Å². The normalized spacial score (nSPS) is 12.7. The summed E-state index contributed by atoms with van der Waals surface area (Å²) in [6.45, 7) is 7.03. The van der Waals surface area contributed by atoms with Crippen molar-refractivity contribution in [1.82, 2.24) is 9.88 Å². The van der Waals surface area contributed by atoms with Crippen LogP contribution in [0, 0.1) is 0 Å². The Hall–Kier alpha value is -1.13. The quantitative estimate of drug-likeness (QED) is 0.769. The molecule has 0 amide bonds. The summed E-state index contributed by atoms with van der Waals surface area (Å²) in [6, 6.07) is 6.63. The van der Waals surface area contributed by atoms with Gasteiger partial charge in [-0.2, -0.15) is 0 Å². The maximum atomic E-state index is 5.18. The van der Waals surface area contributed by atoms with Crippen molar-refractivity contribution in [2.75, 3.05) is 32.6 Å². The van der Waals surface area contributed by atoms with Gasteiger partial charge in [0.2, 0.25) is 0 Å². The number of ether oxygens (including phenoxy) is 1. The van der Waals surface area contributed by atoms with Crippen molar-refractivity contribution in [3.63, 3.8) is 0 Å². The first-order valence-electron chi connectivity index (χ1n) is 6.58. The lowest BCUT2D eigenvalue weighted by atomic mass is 10.2. The lowest BCUT2D eigenvalue weighted by Gasteiger charge is -2.27. The van der Waals surface area contributed by atoms with Crippen LogP contribution in [-0.4, -0.2) is 43.2 Å². The summed E-state index contributed by atoms with van der Waals surface area (Å²) in [5, 5.41) is 3.07. The van der Waals surface area contributed by atoms with Crippen molar-refractivity contribution in [2.24, 2.45) is 0 Å². The van der Waals surface area contributed by atoms with Crippen LogP contribution in [0.2, 0.25) is 0 Å². The van der Waals surface area contributed by atoms with E-state index < -0.39 is 0 Å². The zero-order valence-electron chi connectivity index (χ0n) is 11.9. The molecule has 4 nitrogen and oxygen atoms in total. The monoisotopic (exact) mass is 251 g/mol. The minimum Gasteiger partial charge on any atom is -0.383 e. The van der Waals surface area contributed by atoms with E-state index in [1.54, 1.807) is 7.11 Å². The van der Waals surface area contributed by atoms with E-state index in [2.05, 4.69) is 35.1 Å². The summed E-state index contributed by atoms with van der Waals surface area (Å²) in [5.41, 5.74) is 1.10. The minimum absolute atomic E-state index is 0.542. The van der Waals surface area contributed by atoms with Gasteiger partial charge in [-0.3, -0.25) is 4.90 Å². The minimum atomic E-state index is 0.542. The third-order valence-electron chi connectivity index (χ3n) is 3.22. The maximum Gasteiger partial charge on any atom is 0.126 e. The van der Waals surface area contributed by atoms with E-state index in [9.17, 15) is 0 Å². The molecule has 0 saturated heterocycles. The standard InChI is InChI=1S/C14H25N3O/c1-5-12(2)17(9-10-18-4)11-13-7-6-8-14(15-3)16-13/h6-8,12H,5,9-11H2,1-4H3,(H,15,16). The molecule has 0 aromatic carbocycles. The van der Waals surface area contributed by atoms with Crippen LogP contribution in [0.1, 0.15) is 26.0 Å². The Labute approximate surface area is 110 Å². The molecule has 18 heavy (non-hydrogen) atoms. The van der Waals surface area contributed by atoms with Gasteiger partial charge in [-0.25, -0.2) is 4.98 Å². The van der Waals surface area contributed by atoms with Gasteiger partial charge in [0.1, 0.15) is 5.82 Å². The van der Waals surface area contributed by atoms with Crippen LogP contribution in [0.5, 0.6) is 0 Å². The summed E-state index contributed by atoms with van der Waals surface area (Å²) < 4.78 is 5.18. The number of nitrogens with zero attached hydrogens (tertiary/aromatic N) is 2. The Morgan fingerprint density at radius 1 is 1.44 bits per heavy atom. The van der Waals surface area contributed by atoms with Crippen LogP contribution in [0.25, 0.3) is 0 Å². The molecule has 1 atom stereocenters. The molecule has 1 aromatic heterocycles. The summed E-state index contributed by atoms with van der Waals surface area (Å²) in [5.74, 6) is 0.920. The third kappa shape index (κ3) is 4.63. The van der Waals surface area contributed by atoms with Crippen LogP contribution in [0.15, 0.2) is 18.2 Å². The fraction of sp³-hybridized carbons (Fsp3) is 0.643. The molecule has 1 heterocycles. The lowest BCUT2D eigenvalue weighted by molar-refractivity contribution is 0.117. The van der Waals surface area contributed by atoms with Crippen LogP contribution in [0.4, 0.5) is 5.82 Å². The fourth-order valence-corrected chi connectivity index (χ4v) is 1.84. The zero-order chi connectivity index (χ0) is 13.4. The van der Waals surface area contributed by atoms with Crippen molar-refractivity contribution in [2.45, 2.75) is 32.9 Å². The number of hydrogen-bond donors (Lipinski definition) is 1. The molecule has 0 spiro atoms. The number of hydrogen-bond acceptors (Lipinski definition) is 4. The first-order valence-corrected chi connectivity index (χ1v) is 6.58. The molecule has 4 heteroatoms. The smallest absolute Gasteiger partial charge is 0.126 e. The maximum absolute atomic E-state index is 5.18. The lowest BCUT2D eigenvalue weighted by Crippen LogP contribution is -2.35. The molecule has 0 fully saturated rings. The van der Waals surface area contributed by atoms with Crippen molar-refractivity contribution in [1.29, 1.82) is 0 Å². The molecule has 0 saturated carbocycles. The number of pyridine rings is 1. The summed E-state index contributed by atoms with van der Waals surface area (Å²) >= 11 is 0. The third-order valence-corrected chi connectivity index (χ3v) is 3.22. The Morgan fingerprint density at radius 2 is 2.22 bits per heavy atom. The first-order chi connectivity index (χ1) is 8.71.